The van der Waals surface area contributed by atoms with Gasteiger partial charge < -0.3 is 15.4 Å². The first-order valence-electron chi connectivity index (χ1n) is 9.07. The summed E-state index contributed by atoms with van der Waals surface area (Å²) in [5.41, 5.74) is 6.49. The summed E-state index contributed by atoms with van der Waals surface area (Å²) in [5.74, 6) is 1.59. The van der Waals surface area contributed by atoms with Crippen LogP contribution >= 0.6 is 24.0 Å². The molecule has 3 heterocycles. The molecule has 0 bridgehead atoms. The SMILES string of the molecule is CC1CCN(C(N)=NCC2(N3CCCC3)CCOCC2)CC1.I. The Labute approximate surface area is 158 Å². The van der Waals surface area contributed by atoms with Crippen molar-refractivity contribution in [2.45, 2.75) is 51.0 Å². The van der Waals surface area contributed by atoms with Crippen LogP contribution in [0.15, 0.2) is 4.99 Å². The largest absolute Gasteiger partial charge is 0.381 e. The maximum atomic E-state index is 6.29. The van der Waals surface area contributed by atoms with E-state index in [1.165, 1.54) is 38.8 Å². The number of aliphatic imine (C=N–C) groups is 1. The molecule has 0 aromatic heterocycles. The highest BCUT2D eigenvalue weighted by Gasteiger charge is 2.39. The second-order valence-electron chi connectivity index (χ2n) is 7.37. The molecule has 0 radical (unpaired) electrons. The number of nitrogens with zero attached hydrogens (tertiary/aromatic N) is 3. The van der Waals surface area contributed by atoms with Crippen molar-refractivity contribution in [1.29, 1.82) is 0 Å². The third-order valence-electron chi connectivity index (χ3n) is 5.84. The Bertz CT molecular complexity index is 384. The highest BCUT2D eigenvalue weighted by molar-refractivity contribution is 14.0. The van der Waals surface area contributed by atoms with Gasteiger partial charge in [0.2, 0.25) is 0 Å². The van der Waals surface area contributed by atoms with Crippen LogP contribution in [-0.2, 0) is 4.74 Å². The highest BCUT2D eigenvalue weighted by atomic mass is 127. The van der Waals surface area contributed by atoms with Crippen molar-refractivity contribution >= 4 is 29.9 Å². The highest BCUT2D eigenvalue weighted by Crippen LogP contribution is 2.31. The lowest BCUT2D eigenvalue weighted by molar-refractivity contribution is -0.0139. The van der Waals surface area contributed by atoms with E-state index in [0.29, 0.717) is 0 Å². The second-order valence-corrected chi connectivity index (χ2v) is 7.37. The molecule has 3 fully saturated rings. The van der Waals surface area contributed by atoms with E-state index in [4.69, 9.17) is 15.5 Å². The van der Waals surface area contributed by atoms with Gasteiger partial charge in [0, 0.05) is 31.8 Å². The van der Waals surface area contributed by atoms with Gasteiger partial charge >= 0.3 is 0 Å². The Morgan fingerprint density at radius 3 is 2.35 bits per heavy atom. The normalized spacial score (nSPS) is 27.0. The summed E-state index contributed by atoms with van der Waals surface area (Å²) in [6.07, 6.45) is 7.32. The lowest BCUT2D eigenvalue weighted by Crippen LogP contribution is -2.54. The van der Waals surface area contributed by atoms with E-state index >= 15 is 0 Å². The van der Waals surface area contributed by atoms with E-state index in [-0.39, 0.29) is 29.5 Å². The van der Waals surface area contributed by atoms with Gasteiger partial charge in [-0.25, -0.2) is 0 Å². The fraction of sp³-hybridized carbons (Fsp3) is 0.941. The molecule has 2 N–H and O–H groups in total. The Kier molecular flexibility index (Phi) is 7.41. The van der Waals surface area contributed by atoms with Crippen LogP contribution < -0.4 is 5.73 Å². The molecule has 6 heteroatoms. The number of piperidine rings is 1. The lowest BCUT2D eigenvalue weighted by Gasteiger charge is -2.44. The van der Waals surface area contributed by atoms with E-state index in [0.717, 1.165) is 57.6 Å². The van der Waals surface area contributed by atoms with E-state index in [1.807, 2.05) is 0 Å². The maximum Gasteiger partial charge on any atom is 0.191 e. The number of ether oxygens (including phenoxy) is 1. The van der Waals surface area contributed by atoms with E-state index in [9.17, 15) is 0 Å². The fourth-order valence-corrected chi connectivity index (χ4v) is 4.08. The predicted molar refractivity (Wildman–Crippen MR) is 105 cm³/mol. The molecule has 5 nitrogen and oxygen atoms in total. The summed E-state index contributed by atoms with van der Waals surface area (Å²) in [4.78, 5) is 9.77. The first-order valence-corrected chi connectivity index (χ1v) is 9.07. The molecule has 0 spiro atoms. The molecular formula is C17H33IN4O. The Balaban J connectivity index is 0.00000192. The van der Waals surface area contributed by atoms with Crippen LogP contribution in [0.3, 0.4) is 0 Å². The maximum absolute atomic E-state index is 6.29. The average Bonchev–Trinajstić information content (AvgIpc) is 3.09. The molecule has 0 atom stereocenters. The minimum absolute atomic E-state index is 0. The average molecular weight is 436 g/mol. The first kappa shape index (κ1) is 19.2. The molecule has 0 amide bonds. The van der Waals surface area contributed by atoms with Crippen LogP contribution in [-0.4, -0.2) is 67.2 Å². The minimum Gasteiger partial charge on any atom is -0.381 e. The Hall–Kier alpha value is -0.0800. The molecule has 0 saturated carbocycles. The van der Waals surface area contributed by atoms with E-state index < -0.39 is 0 Å². The zero-order valence-electron chi connectivity index (χ0n) is 14.5. The van der Waals surface area contributed by atoms with Crippen molar-refractivity contribution in [2.24, 2.45) is 16.6 Å². The third-order valence-corrected chi connectivity index (χ3v) is 5.84. The standard InChI is InChI=1S/C17H32N4O.HI/c1-15-4-10-20(11-5-15)16(18)19-14-17(6-12-22-13-7-17)21-8-2-3-9-21;/h15H,2-14H2,1H3,(H2,18,19);1H. The smallest absolute Gasteiger partial charge is 0.191 e. The molecular weight excluding hydrogens is 403 g/mol. The van der Waals surface area contributed by atoms with Crippen molar-refractivity contribution in [3.8, 4) is 0 Å². The number of rotatable bonds is 3. The zero-order chi connectivity index (χ0) is 15.4. The van der Waals surface area contributed by atoms with Crippen LogP contribution in [0.4, 0.5) is 0 Å². The second kappa shape index (κ2) is 8.85. The van der Waals surface area contributed by atoms with Crippen LogP contribution in [0.5, 0.6) is 0 Å². The number of halogens is 1. The van der Waals surface area contributed by atoms with Crippen LogP contribution in [0.2, 0.25) is 0 Å². The molecule has 3 aliphatic heterocycles. The quantitative estimate of drug-likeness (QED) is 0.419. The molecule has 23 heavy (non-hydrogen) atoms. The van der Waals surface area contributed by atoms with Gasteiger partial charge in [-0.15, -0.1) is 24.0 Å². The summed E-state index contributed by atoms with van der Waals surface area (Å²) >= 11 is 0. The zero-order valence-corrected chi connectivity index (χ0v) is 16.8. The molecule has 3 aliphatic rings. The fourth-order valence-electron chi connectivity index (χ4n) is 4.08. The van der Waals surface area contributed by atoms with Crippen molar-refractivity contribution in [3.63, 3.8) is 0 Å². The molecule has 0 aromatic carbocycles. The predicted octanol–water partition coefficient (Wildman–Crippen LogP) is 2.30. The number of hydrogen-bond donors (Lipinski definition) is 1. The molecule has 3 saturated heterocycles. The van der Waals surface area contributed by atoms with Gasteiger partial charge in [0.25, 0.3) is 0 Å². The van der Waals surface area contributed by atoms with Gasteiger partial charge in [0.15, 0.2) is 5.96 Å². The van der Waals surface area contributed by atoms with Gasteiger partial charge in [-0.3, -0.25) is 9.89 Å². The molecule has 3 rings (SSSR count). The summed E-state index contributed by atoms with van der Waals surface area (Å²) in [6, 6.07) is 0. The van der Waals surface area contributed by atoms with Gasteiger partial charge in [-0.2, -0.15) is 0 Å². The van der Waals surface area contributed by atoms with E-state index in [1.54, 1.807) is 0 Å². The molecule has 0 aliphatic carbocycles. The monoisotopic (exact) mass is 436 g/mol. The molecule has 134 valence electrons. The lowest BCUT2D eigenvalue weighted by atomic mass is 9.88. The minimum atomic E-state index is 0. The van der Waals surface area contributed by atoms with Gasteiger partial charge in [0.1, 0.15) is 0 Å². The Morgan fingerprint density at radius 2 is 1.74 bits per heavy atom. The first-order chi connectivity index (χ1) is 10.7. The number of nitrogens with two attached hydrogens (primary N) is 1. The molecule has 0 aromatic rings. The summed E-state index contributed by atoms with van der Waals surface area (Å²) in [6.45, 7) is 9.48. The summed E-state index contributed by atoms with van der Waals surface area (Å²) in [7, 11) is 0. The number of guanidine groups is 1. The Morgan fingerprint density at radius 1 is 1.13 bits per heavy atom. The van der Waals surface area contributed by atoms with Crippen molar-refractivity contribution < 1.29 is 4.74 Å². The van der Waals surface area contributed by atoms with Gasteiger partial charge in [0.05, 0.1) is 6.54 Å². The van der Waals surface area contributed by atoms with Crippen molar-refractivity contribution in [1.82, 2.24) is 9.80 Å². The topological polar surface area (TPSA) is 54.1 Å². The van der Waals surface area contributed by atoms with Gasteiger partial charge in [-0.05, 0) is 57.5 Å². The number of likely N-dealkylation sites (tertiary alicyclic amines) is 2. The summed E-state index contributed by atoms with van der Waals surface area (Å²) in [5, 5.41) is 0. The van der Waals surface area contributed by atoms with Crippen LogP contribution in [0.1, 0.15) is 45.4 Å². The van der Waals surface area contributed by atoms with Crippen molar-refractivity contribution in [3.05, 3.63) is 0 Å². The summed E-state index contributed by atoms with van der Waals surface area (Å²) < 4.78 is 5.60. The van der Waals surface area contributed by atoms with Crippen molar-refractivity contribution in [2.75, 3.05) is 45.9 Å². The van der Waals surface area contributed by atoms with Crippen LogP contribution in [0.25, 0.3) is 0 Å². The van der Waals surface area contributed by atoms with Gasteiger partial charge in [-0.1, -0.05) is 6.92 Å². The van der Waals surface area contributed by atoms with E-state index in [2.05, 4.69) is 16.7 Å². The van der Waals surface area contributed by atoms with Crippen LogP contribution in [0, 0.1) is 5.92 Å². The molecule has 0 unspecified atom stereocenters. The number of hydrogen-bond acceptors (Lipinski definition) is 3. The third kappa shape index (κ3) is 4.72.